The second-order valence-electron chi connectivity index (χ2n) is 8.98. The molecule has 1 aromatic carbocycles. The average molecular weight is 719 g/mol. The van der Waals surface area contributed by atoms with Gasteiger partial charge in [0.05, 0.1) is 35.3 Å². The Kier molecular flexibility index (Phi) is 7.98. The molecule has 12 heteroatoms. The predicted octanol–water partition coefficient (Wildman–Crippen LogP) is 4.66. The van der Waals surface area contributed by atoms with Crippen molar-refractivity contribution in [1.82, 2.24) is 19.7 Å². The number of fused-ring (bicyclic) bond motifs is 2. The summed E-state index contributed by atoms with van der Waals surface area (Å²) in [7, 11) is 0. The largest absolute Gasteiger partial charge is 0.493 e. The number of amides is 1. The van der Waals surface area contributed by atoms with Gasteiger partial charge in [-0.15, -0.1) is 11.3 Å². The number of carbonyl (C=O) groups excluding carboxylic acids is 1. The minimum Gasteiger partial charge on any atom is -0.493 e. The van der Waals surface area contributed by atoms with Crippen LogP contribution in [0.4, 0.5) is 8.78 Å². The van der Waals surface area contributed by atoms with Crippen molar-refractivity contribution in [1.29, 1.82) is 0 Å². The van der Waals surface area contributed by atoms with Gasteiger partial charge in [-0.3, -0.25) is 9.48 Å². The van der Waals surface area contributed by atoms with E-state index in [-0.39, 0.29) is 67.1 Å². The van der Waals surface area contributed by atoms with Gasteiger partial charge in [-0.2, -0.15) is 5.10 Å². The van der Waals surface area contributed by atoms with Crippen LogP contribution >= 0.6 is 11.3 Å². The summed E-state index contributed by atoms with van der Waals surface area (Å²) in [4.78, 5) is 18.3. The molecule has 1 amide bonds. The predicted molar refractivity (Wildman–Crippen MR) is 135 cm³/mol. The van der Waals surface area contributed by atoms with Crippen molar-refractivity contribution < 1.29 is 48.6 Å². The molecule has 4 aromatic rings. The minimum atomic E-state index is -0.885. The van der Waals surface area contributed by atoms with E-state index in [4.69, 9.17) is 9.84 Å². The van der Waals surface area contributed by atoms with Gasteiger partial charge in [0.25, 0.3) is 0 Å². The first-order valence-electron chi connectivity index (χ1n) is 11.6. The molecule has 5 rings (SSSR count). The molecule has 0 bridgehead atoms. The van der Waals surface area contributed by atoms with E-state index in [1.807, 2.05) is 6.92 Å². The van der Waals surface area contributed by atoms with Crippen LogP contribution in [0.2, 0.25) is 0 Å². The van der Waals surface area contributed by atoms with Crippen LogP contribution in [0.1, 0.15) is 25.6 Å². The Morgan fingerprint density at radius 2 is 2.11 bits per heavy atom. The van der Waals surface area contributed by atoms with Crippen LogP contribution < -0.4 is 4.74 Å². The minimum absolute atomic E-state index is 0. The summed E-state index contributed by atoms with van der Waals surface area (Å²) < 4.78 is 37.6. The first kappa shape index (κ1) is 27.8. The Balaban J connectivity index is 0.00000336. The molecule has 2 atom stereocenters. The van der Waals surface area contributed by atoms with Crippen LogP contribution in [0.3, 0.4) is 0 Å². The summed E-state index contributed by atoms with van der Waals surface area (Å²) in [6.07, 6.45) is 0.384. The number of pyridine rings is 1. The molecule has 0 saturated carbocycles. The fourth-order valence-electron chi connectivity index (χ4n) is 4.54. The van der Waals surface area contributed by atoms with E-state index in [2.05, 4.69) is 11.6 Å². The number of aromatic nitrogens is 3. The number of aliphatic hydroxyl groups is 1. The van der Waals surface area contributed by atoms with Gasteiger partial charge in [-0.1, -0.05) is 6.58 Å². The Hall–Kier alpha value is -3.18. The van der Waals surface area contributed by atoms with Crippen LogP contribution in [0, 0.1) is 11.6 Å². The number of aromatic hydroxyl groups is 1. The maximum absolute atomic E-state index is 15.5. The summed E-state index contributed by atoms with van der Waals surface area (Å²) in [5.41, 5.74) is 1.48. The van der Waals surface area contributed by atoms with Gasteiger partial charge in [0.15, 0.2) is 0 Å². The Bertz CT molecular complexity index is 1540. The van der Waals surface area contributed by atoms with Gasteiger partial charge in [-0.05, 0) is 37.4 Å². The molecule has 0 aliphatic carbocycles. The summed E-state index contributed by atoms with van der Waals surface area (Å²) in [6.45, 7) is 7.50. The van der Waals surface area contributed by atoms with Crippen molar-refractivity contribution in [3.05, 3.63) is 59.6 Å². The molecule has 2 unspecified atom stereocenters. The summed E-state index contributed by atoms with van der Waals surface area (Å²) >= 11 is 1.26. The number of thiophene rings is 1. The summed E-state index contributed by atoms with van der Waals surface area (Å²) in [5, 5.41) is 27.3. The first-order chi connectivity index (χ1) is 17.7. The zero-order valence-electron chi connectivity index (χ0n) is 20.4. The quantitative estimate of drug-likeness (QED) is 0.282. The third kappa shape index (κ3) is 4.96. The third-order valence-corrected chi connectivity index (χ3v) is 7.07. The number of rotatable bonds is 6. The third-order valence-electron chi connectivity index (χ3n) is 6.13. The second kappa shape index (κ2) is 10.9. The molecule has 0 spiro atoms. The van der Waals surface area contributed by atoms with Crippen LogP contribution in [0.15, 0.2) is 42.3 Å². The molecular formula is C26H24F2IrN4O4S. The number of hydrogen-bond donors (Lipinski definition) is 2. The molecule has 201 valence electrons. The van der Waals surface area contributed by atoms with Crippen LogP contribution in [0.25, 0.3) is 32.6 Å². The Morgan fingerprint density at radius 3 is 2.82 bits per heavy atom. The van der Waals surface area contributed by atoms with Crippen LogP contribution in [-0.4, -0.2) is 55.0 Å². The topological polar surface area (TPSA) is 101 Å². The van der Waals surface area contributed by atoms with Crippen molar-refractivity contribution >= 4 is 27.3 Å². The van der Waals surface area contributed by atoms with E-state index in [1.165, 1.54) is 24.3 Å². The van der Waals surface area contributed by atoms with Crippen molar-refractivity contribution in [2.45, 2.75) is 32.5 Å². The molecule has 4 heterocycles. The summed E-state index contributed by atoms with van der Waals surface area (Å²) in [5.74, 6) is -2.29. The molecular weight excluding hydrogens is 695 g/mol. The molecule has 1 aliphatic rings. The van der Waals surface area contributed by atoms with Gasteiger partial charge < -0.3 is 19.8 Å². The van der Waals surface area contributed by atoms with Gasteiger partial charge in [0.1, 0.15) is 35.4 Å². The first-order valence-corrected chi connectivity index (χ1v) is 12.5. The number of benzene rings is 1. The molecule has 8 nitrogen and oxygen atoms in total. The molecule has 38 heavy (non-hydrogen) atoms. The molecule has 0 fully saturated rings. The maximum Gasteiger partial charge on any atom is 0.246 e. The average Bonchev–Trinajstić information content (AvgIpc) is 3.51. The van der Waals surface area contributed by atoms with Crippen molar-refractivity contribution in [3.8, 4) is 34.1 Å². The van der Waals surface area contributed by atoms with Gasteiger partial charge in [-0.25, -0.2) is 13.8 Å². The van der Waals surface area contributed by atoms with E-state index in [9.17, 15) is 19.4 Å². The van der Waals surface area contributed by atoms with Gasteiger partial charge >= 0.3 is 0 Å². The normalized spacial score (nSPS) is 15.6. The van der Waals surface area contributed by atoms with Crippen LogP contribution in [-0.2, 0) is 31.4 Å². The van der Waals surface area contributed by atoms with Crippen molar-refractivity contribution in [2.75, 3.05) is 13.2 Å². The monoisotopic (exact) mass is 719 g/mol. The van der Waals surface area contributed by atoms with Gasteiger partial charge in [0.2, 0.25) is 11.8 Å². The fraction of sp³-hybridized carbons (Fsp3) is 0.269. The maximum atomic E-state index is 15.5. The Morgan fingerprint density at radius 1 is 1.34 bits per heavy atom. The molecule has 2 N–H and O–H groups in total. The van der Waals surface area contributed by atoms with Crippen molar-refractivity contribution in [2.24, 2.45) is 0 Å². The van der Waals surface area contributed by atoms with Crippen molar-refractivity contribution in [3.63, 3.8) is 0 Å². The summed E-state index contributed by atoms with van der Waals surface area (Å²) in [6, 6.07) is 5.04. The van der Waals surface area contributed by atoms with Gasteiger partial charge in [0, 0.05) is 49.0 Å². The van der Waals surface area contributed by atoms with Crippen LogP contribution in [0.5, 0.6) is 11.6 Å². The molecule has 0 saturated heterocycles. The number of ether oxygens (including phenoxy) is 1. The molecule has 1 radical (unpaired) electrons. The second-order valence-corrected chi connectivity index (χ2v) is 9.90. The molecule has 3 aromatic heterocycles. The van der Waals surface area contributed by atoms with E-state index < -0.39 is 17.7 Å². The zero-order valence-corrected chi connectivity index (χ0v) is 23.7. The standard InChI is InChI=1S/C26H24F2N4O4S.Ir/c1-4-21(34)31-10-13(2)32-16(11-31)9-19(30-32)24-23(25-17(5-6-37-25)26(35)29-24)22-18(28)7-15(27)8-20(22)36-12-14(3)33;/h4-9,13-14,33H,1,10-12H2,2-3H3,(H,29,35);. The fourth-order valence-corrected chi connectivity index (χ4v) is 5.49. The smallest absolute Gasteiger partial charge is 0.246 e. The number of aliphatic hydroxyl groups excluding tert-OH is 1. The van der Waals surface area contributed by atoms with E-state index in [0.717, 1.165) is 17.8 Å². The van der Waals surface area contributed by atoms with E-state index in [0.29, 0.717) is 28.9 Å². The number of carbonyl (C=O) groups is 1. The zero-order chi connectivity index (χ0) is 26.4. The Labute approximate surface area is 234 Å². The number of halogens is 2. The number of hydrogen-bond acceptors (Lipinski definition) is 7. The number of nitrogens with zero attached hydrogens (tertiary/aromatic N) is 4. The SMILES string of the molecule is C=CC(=O)N1Cc2cc(-c3nc(O)c4ccsc4c3-c3c(F)cc(F)cc3OCC(C)O)nn2C(C)C1.[Ir]. The van der Waals surface area contributed by atoms with E-state index in [1.54, 1.807) is 27.1 Å². The van der Waals surface area contributed by atoms with E-state index >= 15 is 4.39 Å². The molecule has 1 aliphatic heterocycles.